The van der Waals surface area contributed by atoms with Crippen molar-refractivity contribution < 1.29 is 0 Å². The molecular weight excluding hydrogens is 308 g/mol. The Hall–Kier alpha value is -0.190. The van der Waals surface area contributed by atoms with Gasteiger partial charge in [0.05, 0.1) is 5.54 Å². The van der Waals surface area contributed by atoms with Gasteiger partial charge in [-0.25, -0.2) is 0 Å². The first-order chi connectivity index (χ1) is 8.57. The maximum atomic E-state index is 6.07. The van der Waals surface area contributed by atoms with E-state index in [0.717, 1.165) is 16.6 Å². The quantitative estimate of drug-likeness (QED) is 0.886. The molecule has 0 spiro atoms. The number of halogens is 1. The molecule has 1 heterocycles. The van der Waals surface area contributed by atoms with Crippen molar-refractivity contribution in [1.82, 2.24) is 0 Å². The summed E-state index contributed by atoms with van der Waals surface area (Å²) < 4.78 is 1.11. The van der Waals surface area contributed by atoms with Crippen LogP contribution in [0.4, 0.5) is 5.69 Å². The summed E-state index contributed by atoms with van der Waals surface area (Å²) in [5, 5.41) is 4.26. The van der Waals surface area contributed by atoms with Crippen LogP contribution in [0.15, 0.2) is 22.7 Å². The molecule has 0 amide bonds. The molecule has 2 atom stereocenters. The van der Waals surface area contributed by atoms with Gasteiger partial charge >= 0.3 is 0 Å². The lowest BCUT2D eigenvalue weighted by atomic mass is 9.89. The van der Waals surface area contributed by atoms with E-state index in [-0.39, 0.29) is 5.54 Å². The normalized spacial score (nSPS) is 28.1. The van der Waals surface area contributed by atoms with Gasteiger partial charge in [0.2, 0.25) is 0 Å². The lowest BCUT2D eigenvalue weighted by Gasteiger charge is -2.43. The van der Waals surface area contributed by atoms with Gasteiger partial charge in [-0.3, -0.25) is 0 Å². The van der Waals surface area contributed by atoms with Gasteiger partial charge in [0.25, 0.3) is 0 Å². The zero-order valence-corrected chi connectivity index (χ0v) is 13.4. The van der Waals surface area contributed by atoms with Gasteiger partial charge in [-0.15, -0.1) is 0 Å². The summed E-state index contributed by atoms with van der Waals surface area (Å²) in [5.41, 5.74) is 8.53. The van der Waals surface area contributed by atoms with E-state index in [4.69, 9.17) is 5.73 Å². The third kappa shape index (κ3) is 2.86. The summed E-state index contributed by atoms with van der Waals surface area (Å²) >= 11 is 5.64. The average Bonchev–Trinajstić information content (AvgIpc) is 2.37. The Labute approximate surface area is 122 Å². The number of rotatable bonds is 3. The second kappa shape index (κ2) is 5.85. The van der Waals surface area contributed by atoms with E-state index in [1.165, 1.54) is 17.7 Å². The van der Waals surface area contributed by atoms with E-state index in [1.807, 2.05) is 11.8 Å². The standard InChI is InChI=1S/C14H21BrN2S/c1-10-4-5-12(15)13(8-10)17-14(9-16)6-3-7-18-11(14)2/h4-5,8,11,17H,3,6-7,9,16H2,1-2H3. The Morgan fingerprint density at radius 1 is 1.56 bits per heavy atom. The monoisotopic (exact) mass is 328 g/mol. The van der Waals surface area contributed by atoms with E-state index in [1.54, 1.807) is 0 Å². The predicted octanol–water partition coefficient (Wildman–Crippen LogP) is 3.78. The van der Waals surface area contributed by atoms with Crippen LogP contribution in [0.2, 0.25) is 0 Å². The molecule has 1 aromatic carbocycles. The molecule has 1 saturated heterocycles. The van der Waals surface area contributed by atoms with Crippen LogP contribution in [-0.4, -0.2) is 23.1 Å². The van der Waals surface area contributed by atoms with E-state index < -0.39 is 0 Å². The highest BCUT2D eigenvalue weighted by atomic mass is 79.9. The first kappa shape index (κ1) is 14.2. The van der Waals surface area contributed by atoms with Crippen molar-refractivity contribution in [2.24, 2.45) is 5.73 Å². The molecule has 0 bridgehead atoms. The highest BCUT2D eigenvalue weighted by molar-refractivity contribution is 9.10. The van der Waals surface area contributed by atoms with Gasteiger partial charge in [0.1, 0.15) is 0 Å². The molecule has 0 radical (unpaired) electrons. The van der Waals surface area contributed by atoms with E-state index in [0.29, 0.717) is 11.8 Å². The molecule has 4 heteroatoms. The second-order valence-corrected chi connectivity index (χ2v) is 7.39. The number of benzene rings is 1. The molecule has 2 nitrogen and oxygen atoms in total. The number of aryl methyl sites for hydroxylation is 1. The topological polar surface area (TPSA) is 38.0 Å². The number of nitrogens with one attached hydrogen (secondary N) is 1. The van der Waals surface area contributed by atoms with Crippen LogP contribution in [0.1, 0.15) is 25.3 Å². The van der Waals surface area contributed by atoms with Gasteiger partial charge in [-0.1, -0.05) is 13.0 Å². The van der Waals surface area contributed by atoms with Crippen molar-refractivity contribution in [2.45, 2.75) is 37.5 Å². The van der Waals surface area contributed by atoms with Gasteiger partial charge < -0.3 is 11.1 Å². The summed E-state index contributed by atoms with van der Waals surface area (Å²) in [6.45, 7) is 5.08. The predicted molar refractivity (Wildman–Crippen MR) is 85.4 cm³/mol. The third-order valence-electron chi connectivity index (χ3n) is 3.78. The maximum absolute atomic E-state index is 6.07. The van der Waals surface area contributed by atoms with Crippen LogP contribution < -0.4 is 11.1 Å². The van der Waals surface area contributed by atoms with Crippen molar-refractivity contribution in [3.63, 3.8) is 0 Å². The minimum absolute atomic E-state index is 0.0270. The van der Waals surface area contributed by atoms with Crippen molar-refractivity contribution >= 4 is 33.4 Å². The molecule has 1 fully saturated rings. The van der Waals surface area contributed by atoms with Crippen molar-refractivity contribution in [3.8, 4) is 0 Å². The summed E-state index contributed by atoms with van der Waals surface area (Å²) in [6, 6.07) is 6.40. The molecule has 0 saturated carbocycles. The Morgan fingerprint density at radius 3 is 3.00 bits per heavy atom. The lowest BCUT2D eigenvalue weighted by molar-refractivity contribution is 0.422. The van der Waals surface area contributed by atoms with Crippen molar-refractivity contribution in [2.75, 3.05) is 17.6 Å². The molecular formula is C14H21BrN2S. The van der Waals surface area contributed by atoms with Gasteiger partial charge in [-0.05, 0) is 59.1 Å². The number of hydrogen-bond acceptors (Lipinski definition) is 3. The Balaban J connectivity index is 2.26. The fourth-order valence-corrected chi connectivity index (χ4v) is 4.10. The van der Waals surface area contributed by atoms with Crippen LogP contribution in [0.5, 0.6) is 0 Å². The molecule has 18 heavy (non-hydrogen) atoms. The highest BCUT2D eigenvalue weighted by Gasteiger charge is 2.37. The van der Waals surface area contributed by atoms with Gasteiger partial charge in [0.15, 0.2) is 0 Å². The van der Waals surface area contributed by atoms with E-state index in [9.17, 15) is 0 Å². The fourth-order valence-electron chi connectivity index (χ4n) is 2.50. The minimum atomic E-state index is 0.0270. The van der Waals surface area contributed by atoms with Crippen LogP contribution in [0.25, 0.3) is 0 Å². The molecule has 0 aliphatic carbocycles. The van der Waals surface area contributed by atoms with Crippen molar-refractivity contribution in [1.29, 1.82) is 0 Å². The molecule has 1 aliphatic heterocycles. The lowest BCUT2D eigenvalue weighted by Crippen LogP contribution is -2.54. The smallest absolute Gasteiger partial charge is 0.0611 e. The maximum Gasteiger partial charge on any atom is 0.0611 e. The number of thioether (sulfide) groups is 1. The molecule has 2 unspecified atom stereocenters. The highest BCUT2D eigenvalue weighted by Crippen LogP contribution is 2.37. The summed E-state index contributed by atoms with van der Waals surface area (Å²) in [4.78, 5) is 0. The summed E-state index contributed by atoms with van der Waals surface area (Å²) in [7, 11) is 0. The van der Waals surface area contributed by atoms with Gasteiger partial charge in [-0.2, -0.15) is 11.8 Å². The molecule has 100 valence electrons. The molecule has 2 rings (SSSR count). The van der Waals surface area contributed by atoms with Crippen molar-refractivity contribution in [3.05, 3.63) is 28.2 Å². The minimum Gasteiger partial charge on any atom is -0.376 e. The molecule has 0 aromatic heterocycles. The van der Waals surface area contributed by atoms with Crippen LogP contribution >= 0.6 is 27.7 Å². The molecule has 1 aliphatic rings. The summed E-state index contributed by atoms with van der Waals surface area (Å²) in [5.74, 6) is 1.25. The van der Waals surface area contributed by atoms with E-state index >= 15 is 0 Å². The van der Waals surface area contributed by atoms with Crippen LogP contribution in [0.3, 0.4) is 0 Å². The number of anilines is 1. The second-order valence-electron chi connectivity index (χ2n) is 5.09. The van der Waals surface area contributed by atoms with Crippen LogP contribution in [0, 0.1) is 6.92 Å². The first-order valence-electron chi connectivity index (χ1n) is 6.43. The average molecular weight is 329 g/mol. The zero-order valence-electron chi connectivity index (χ0n) is 11.0. The zero-order chi connectivity index (χ0) is 13.2. The Bertz CT molecular complexity index is 424. The first-order valence-corrected chi connectivity index (χ1v) is 8.27. The number of hydrogen-bond donors (Lipinski definition) is 2. The summed E-state index contributed by atoms with van der Waals surface area (Å²) in [6.07, 6.45) is 2.39. The molecule has 3 N–H and O–H groups in total. The SMILES string of the molecule is Cc1ccc(Br)c(NC2(CN)CCCSC2C)c1. The molecule has 1 aromatic rings. The Morgan fingerprint density at radius 2 is 2.33 bits per heavy atom. The van der Waals surface area contributed by atoms with E-state index in [2.05, 4.69) is 53.3 Å². The largest absolute Gasteiger partial charge is 0.376 e. The van der Waals surface area contributed by atoms with Crippen LogP contribution in [-0.2, 0) is 0 Å². The fraction of sp³-hybridized carbons (Fsp3) is 0.571. The van der Waals surface area contributed by atoms with Gasteiger partial charge in [0, 0.05) is 22.0 Å². The number of nitrogens with two attached hydrogens (primary N) is 1. The Kier molecular flexibility index (Phi) is 4.62. The third-order valence-corrected chi connectivity index (χ3v) is 5.95.